The first-order valence-electron chi connectivity index (χ1n) is 10.5. The molecule has 0 spiro atoms. The minimum Gasteiger partial charge on any atom is -0.0751 e. The van der Waals surface area contributed by atoms with Crippen LogP contribution in [0.1, 0.15) is 85.5 Å². The molecule has 0 nitrogen and oxygen atoms in total. The standard InChI is InChI=1S/C23H41P/c1-5-8-9-13-19-24(23-15-11-10-12-16-23)20-21(4)17-18-22(7-3)14-6-2/h10-12,15-16,21-22H,5-9,13-14,17-20H2,1-4H3. The Morgan fingerprint density at radius 2 is 1.58 bits per heavy atom. The number of hydrogen-bond acceptors (Lipinski definition) is 0. The molecule has 0 aromatic heterocycles. The van der Waals surface area contributed by atoms with Gasteiger partial charge in [-0.05, 0) is 35.9 Å². The van der Waals surface area contributed by atoms with Crippen molar-refractivity contribution in [3.63, 3.8) is 0 Å². The SMILES string of the molecule is CCCCCCP(CC(C)CCC(CC)CCC)c1ccccc1. The summed E-state index contributed by atoms with van der Waals surface area (Å²) in [5, 5.41) is 1.64. The number of unbranched alkanes of at least 4 members (excludes halogenated alkanes) is 3. The molecule has 0 N–H and O–H groups in total. The molecule has 1 aromatic rings. The third-order valence-corrected chi connectivity index (χ3v) is 8.23. The molecule has 0 saturated heterocycles. The number of hydrogen-bond donors (Lipinski definition) is 0. The van der Waals surface area contributed by atoms with Gasteiger partial charge in [0, 0.05) is 0 Å². The number of benzene rings is 1. The summed E-state index contributed by atoms with van der Waals surface area (Å²) in [4.78, 5) is 0. The average Bonchev–Trinajstić information content (AvgIpc) is 2.62. The summed E-state index contributed by atoms with van der Waals surface area (Å²) in [6.45, 7) is 9.51. The van der Waals surface area contributed by atoms with Crippen molar-refractivity contribution in [2.24, 2.45) is 11.8 Å². The lowest BCUT2D eigenvalue weighted by molar-refractivity contribution is 0.389. The van der Waals surface area contributed by atoms with Gasteiger partial charge in [-0.3, -0.25) is 0 Å². The van der Waals surface area contributed by atoms with E-state index in [1.54, 1.807) is 5.30 Å². The molecule has 3 atom stereocenters. The molecule has 0 heterocycles. The molecule has 0 aliphatic heterocycles. The minimum atomic E-state index is 0.0452. The largest absolute Gasteiger partial charge is 0.0751 e. The van der Waals surface area contributed by atoms with Gasteiger partial charge in [-0.1, -0.05) is 117 Å². The summed E-state index contributed by atoms with van der Waals surface area (Å²) in [6.07, 6.45) is 15.5. The highest BCUT2D eigenvalue weighted by Crippen LogP contribution is 2.39. The highest BCUT2D eigenvalue weighted by molar-refractivity contribution is 7.65. The lowest BCUT2D eigenvalue weighted by Crippen LogP contribution is -2.12. The first-order chi connectivity index (χ1) is 11.7. The van der Waals surface area contributed by atoms with Gasteiger partial charge < -0.3 is 0 Å². The maximum atomic E-state index is 2.50. The van der Waals surface area contributed by atoms with E-state index in [0.717, 1.165) is 11.8 Å². The van der Waals surface area contributed by atoms with Crippen LogP contribution in [0.3, 0.4) is 0 Å². The van der Waals surface area contributed by atoms with Crippen LogP contribution in [0, 0.1) is 11.8 Å². The van der Waals surface area contributed by atoms with E-state index < -0.39 is 0 Å². The van der Waals surface area contributed by atoms with Crippen LogP contribution in [-0.2, 0) is 0 Å². The molecule has 1 aromatic carbocycles. The summed E-state index contributed by atoms with van der Waals surface area (Å²) in [5.41, 5.74) is 0. The molecule has 0 aliphatic carbocycles. The zero-order valence-corrected chi connectivity index (χ0v) is 17.7. The van der Waals surface area contributed by atoms with E-state index in [2.05, 4.69) is 58.0 Å². The van der Waals surface area contributed by atoms with E-state index >= 15 is 0 Å². The zero-order chi connectivity index (χ0) is 17.6. The highest BCUT2D eigenvalue weighted by atomic mass is 31.1. The van der Waals surface area contributed by atoms with Gasteiger partial charge in [-0.15, -0.1) is 0 Å². The smallest absolute Gasteiger partial charge is 0.0240 e. The van der Waals surface area contributed by atoms with E-state index in [9.17, 15) is 0 Å². The first kappa shape index (κ1) is 21.7. The van der Waals surface area contributed by atoms with Gasteiger partial charge in [0.2, 0.25) is 0 Å². The summed E-state index contributed by atoms with van der Waals surface area (Å²) in [6, 6.07) is 11.4. The van der Waals surface area contributed by atoms with Gasteiger partial charge in [0.15, 0.2) is 0 Å². The van der Waals surface area contributed by atoms with Gasteiger partial charge in [-0.2, -0.15) is 0 Å². The Balaban J connectivity index is 2.50. The molecule has 0 radical (unpaired) electrons. The second-order valence-corrected chi connectivity index (χ2v) is 10.00. The van der Waals surface area contributed by atoms with Crippen molar-refractivity contribution < 1.29 is 0 Å². The Morgan fingerprint density at radius 1 is 0.833 bits per heavy atom. The van der Waals surface area contributed by atoms with Crippen LogP contribution >= 0.6 is 7.92 Å². The van der Waals surface area contributed by atoms with E-state index in [1.807, 2.05) is 0 Å². The van der Waals surface area contributed by atoms with Crippen LogP contribution in [0.2, 0.25) is 0 Å². The summed E-state index contributed by atoms with van der Waals surface area (Å²) < 4.78 is 0. The Kier molecular flexibility index (Phi) is 12.6. The monoisotopic (exact) mass is 348 g/mol. The summed E-state index contributed by atoms with van der Waals surface area (Å²) >= 11 is 0. The van der Waals surface area contributed by atoms with Crippen molar-refractivity contribution in [2.45, 2.75) is 85.5 Å². The van der Waals surface area contributed by atoms with E-state index in [-0.39, 0.29) is 7.92 Å². The van der Waals surface area contributed by atoms with E-state index in [1.165, 1.54) is 70.1 Å². The fourth-order valence-electron chi connectivity index (χ4n) is 3.64. The lowest BCUT2D eigenvalue weighted by Gasteiger charge is -2.24. The summed E-state index contributed by atoms with van der Waals surface area (Å²) in [7, 11) is 0.0452. The van der Waals surface area contributed by atoms with Crippen molar-refractivity contribution in [1.29, 1.82) is 0 Å². The van der Waals surface area contributed by atoms with E-state index in [0.29, 0.717) is 0 Å². The van der Waals surface area contributed by atoms with Gasteiger partial charge >= 0.3 is 0 Å². The third kappa shape index (κ3) is 9.22. The van der Waals surface area contributed by atoms with Crippen molar-refractivity contribution in [2.75, 3.05) is 12.3 Å². The Labute approximate surface area is 153 Å². The van der Waals surface area contributed by atoms with Crippen LogP contribution in [0.15, 0.2) is 30.3 Å². The normalized spacial score (nSPS) is 15.2. The molecule has 24 heavy (non-hydrogen) atoms. The van der Waals surface area contributed by atoms with Crippen LogP contribution in [0.5, 0.6) is 0 Å². The maximum absolute atomic E-state index is 2.50. The molecule has 0 bridgehead atoms. The molecule has 1 heteroatoms. The fraction of sp³-hybridized carbons (Fsp3) is 0.739. The van der Waals surface area contributed by atoms with Crippen molar-refractivity contribution >= 4 is 13.2 Å². The van der Waals surface area contributed by atoms with Crippen molar-refractivity contribution in [1.82, 2.24) is 0 Å². The van der Waals surface area contributed by atoms with Crippen molar-refractivity contribution in [3.05, 3.63) is 30.3 Å². The Morgan fingerprint density at radius 3 is 2.21 bits per heavy atom. The molecular formula is C23H41P. The van der Waals surface area contributed by atoms with Gasteiger partial charge in [-0.25, -0.2) is 0 Å². The lowest BCUT2D eigenvalue weighted by atomic mass is 9.92. The second-order valence-electron chi connectivity index (χ2n) is 7.59. The van der Waals surface area contributed by atoms with E-state index in [4.69, 9.17) is 0 Å². The predicted molar refractivity (Wildman–Crippen MR) is 114 cm³/mol. The van der Waals surface area contributed by atoms with Crippen molar-refractivity contribution in [3.8, 4) is 0 Å². The first-order valence-corrected chi connectivity index (χ1v) is 12.2. The zero-order valence-electron chi connectivity index (χ0n) is 16.8. The van der Waals surface area contributed by atoms with Crippen LogP contribution < -0.4 is 5.30 Å². The minimum absolute atomic E-state index is 0.0452. The topological polar surface area (TPSA) is 0 Å². The quantitative estimate of drug-likeness (QED) is 0.240. The van der Waals surface area contributed by atoms with Gasteiger partial charge in [0.05, 0.1) is 0 Å². The molecule has 0 saturated carbocycles. The van der Waals surface area contributed by atoms with Gasteiger partial charge in [0.1, 0.15) is 0 Å². The Hall–Kier alpha value is -0.350. The van der Waals surface area contributed by atoms with Gasteiger partial charge in [0.25, 0.3) is 0 Å². The second kappa shape index (κ2) is 13.9. The molecule has 0 amide bonds. The Bertz CT molecular complexity index is 386. The molecule has 1 rings (SSSR count). The molecule has 0 fully saturated rings. The summed E-state index contributed by atoms with van der Waals surface area (Å²) in [5.74, 6) is 1.85. The highest BCUT2D eigenvalue weighted by Gasteiger charge is 2.16. The molecule has 138 valence electrons. The molecule has 3 unspecified atom stereocenters. The predicted octanol–water partition coefficient (Wildman–Crippen LogP) is 7.62. The van der Waals surface area contributed by atoms with Crippen LogP contribution in [-0.4, -0.2) is 12.3 Å². The fourth-order valence-corrected chi connectivity index (χ4v) is 6.43. The van der Waals surface area contributed by atoms with Crippen LogP contribution in [0.4, 0.5) is 0 Å². The maximum Gasteiger partial charge on any atom is -0.0240 e. The average molecular weight is 349 g/mol. The number of rotatable bonds is 14. The molecule has 0 aliphatic rings. The molecular weight excluding hydrogens is 307 g/mol. The van der Waals surface area contributed by atoms with Crippen LogP contribution in [0.25, 0.3) is 0 Å². The third-order valence-electron chi connectivity index (χ3n) is 5.28.